The molecule has 0 aromatic carbocycles. The van der Waals surface area contributed by atoms with E-state index in [4.69, 9.17) is 23.7 Å². The van der Waals surface area contributed by atoms with E-state index in [1.165, 1.54) is 44.9 Å². The van der Waals surface area contributed by atoms with Gasteiger partial charge in [-0.2, -0.15) is 0 Å². The fourth-order valence-corrected chi connectivity index (χ4v) is 2.83. The van der Waals surface area contributed by atoms with Crippen molar-refractivity contribution in [2.75, 3.05) is 72.7 Å². The Labute approximate surface area is 279 Å². The van der Waals surface area contributed by atoms with Crippen LogP contribution in [0.3, 0.4) is 0 Å². The van der Waals surface area contributed by atoms with E-state index in [1.54, 1.807) is 0 Å². The van der Waals surface area contributed by atoms with Crippen LogP contribution in [0.4, 0.5) is 0 Å². The third kappa shape index (κ3) is 37.7. The summed E-state index contributed by atoms with van der Waals surface area (Å²) >= 11 is 0. The molecule has 0 aliphatic carbocycles. The second kappa shape index (κ2) is 32.2. The molecule has 0 saturated heterocycles. The van der Waals surface area contributed by atoms with Crippen LogP contribution >= 0.6 is 7.82 Å². The van der Waals surface area contributed by atoms with Crippen molar-refractivity contribution in [2.45, 2.75) is 58.3 Å². The number of hydrogen-bond donors (Lipinski definition) is 0. The van der Waals surface area contributed by atoms with Gasteiger partial charge in [-0.3, -0.25) is 0 Å². The van der Waals surface area contributed by atoms with E-state index >= 15 is 0 Å². The summed E-state index contributed by atoms with van der Waals surface area (Å²) in [5.41, 5.74) is 0. The van der Waals surface area contributed by atoms with Gasteiger partial charge < -0.3 is 42.6 Å². The summed E-state index contributed by atoms with van der Waals surface area (Å²) in [6.45, 7) is 6.52. The van der Waals surface area contributed by atoms with E-state index < -0.39 is 7.82 Å². The first kappa shape index (κ1) is 39.7. The number of phosphoric ester groups is 1. The van der Waals surface area contributed by atoms with Crippen LogP contribution in [0.25, 0.3) is 0 Å². The molecule has 182 valence electrons. The van der Waals surface area contributed by atoms with Crippen molar-refractivity contribution >= 4 is 7.82 Å². The van der Waals surface area contributed by atoms with Gasteiger partial charge in [0.05, 0.1) is 73.9 Å². The summed E-state index contributed by atoms with van der Waals surface area (Å²) in [5, 5.41) is 0. The van der Waals surface area contributed by atoms with Gasteiger partial charge in [0.15, 0.2) is 0 Å². The molecule has 0 aliphatic rings. The predicted octanol–water partition coefficient (Wildman–Crippen LogP) is -3.94. The minimum absolute atomic E-state index is 0. The zero-order valence-corrected chi connectivity index (χ0v) is 27.7. The van der Waals surface area contributed by atoms with Gasteiger partial charge in [-0.15, -0.1) is 0 Å². The van der Waals surface area contributed by atoms with Crippen LogP contribution in [0.1, 0.15) is 58.3 Å². The first-order valence-electron chi connectivity index (χ1n) is 11.1. The standard InChI is InChI=1S/C20H43O9P.2K/c1-2-3-4-5-6-7-8-9-10-24-11-12-25-13-14-26-15-16-27-17-18-28-19-20-29-30(21,22)23;;/h2-20H2,1H3,(H2,21,22,23);;/q;2*+1/p-2. The maximum Gasteiger partial charge on any atom is 1.00 e. The Morgan fingerprint density at radius 1 is 0.500 bits per heavy atom. The summed E-state index contributed by atoms with van der Waals surface area (Å²) in [6, 6.07) is 0. The van der Waals surface area contributed by atoms with Gasteiger partial charge in [0.2, 0.25) is 0 Å². The third-order valence-electron chi connectivity index (χ3n) is 4.11. The molecule has 0 fully saturated rings. The summed E-state index contributed by atoms with van der Waals surface area (Å²) < 4.78 is 40.9. The van der Waals surface area contributed by atoms with Crippen molar-refractivity contribution in [1.29, 1.82) is 0 Å². The maximum atomic E-state index is 10.2. The molecule has 0 N–H and O–H groups in total. The summed E-state index contributed by atoms with van der Waals surface area (Å²) in [5.74, 6) is 0. The van der Waals surface area contributed by atoms with Crippen molar-refractivity contribution in [2.24, 2.45) is 0 Å². The predicted molar refractivity (Wildman–Crippen MR) is 110 cm³/mol. The molecule has 0 aromatic rings. The summed E-state index contributed by atoms with van der Waals surface area (Å²) in [6.07, 6.45) is 10.4. The van der Waals surface area contributed by atoms with E-state index in [-0.39, 0.29) is 123 Å². The minimum Gasteiger partial charge on any atom is -0.790 e. The molecule has 0 rings (SSSR count). The number of phosphoric acid groups is 1. The van der Waals surface area contributed by atoms with E-state index in [1.807, 2.05) is 0 Å². The molecule has 0 unspecified atom stereocenters. The Morgan fingerprint density at radius 2 is 0.812 bits per heavy atom. The molecule has 0 bridgehead atoms. The van der Waals surface area contributed by atoms with Crippen molar-refractivity contribution in [3.05, 3.63) is 0 Å². The first-order chi connectivity index (χ1) is 14.6. The molecule has 12 heteroatoms. The van der Waals surface area contributed by atoms with Gasteiger partial charge >= 0.3 is 103 Å². The van der Waals surface area contributed by atoms with Crippen LogP contribution in [0.5, 0.6) is 0 Å². The average Bonchev–Trinajstić information content (AvgIpc) is 2.70. The average molecular weight is 535 g/mol. The van der Waals surface area contributed by atoms with Crippen LogP contribution in [-0.4, -0.2) is 72.7 Å². The fraction of sp³-hybridized carbons (Fsp3) is 1.00. The molecule has 0 saturated carbocycles. The maximum absolute atomic E-state index is 10.2. The Balaban J connectivity index is -0.00000420. The number of unbranched alkanes of at least 4 members (excludes halogenated alkanes) is 7. The van der Waals surface area contributed by atoms with Crippen molar-refractivity contribution in [3.8, 4) is 0 Å². The van der Waals surface area contributed by atoms with E-state index in [9.17, 15) is 14.4 Å². The molecule has 0 heterocycles. The van der Waals surface area contributed by atoms with Crippen LogP contribution < -0.4 is 113 Å². The van der Waals surface area contributed by atoms with Crippen LogP contribution in [0, 0.1) is 0 Å². The van der Waals surface area contributed by atoms with Gasteiger partial charge in [0, 0.05) is 6.61 Å². The Morgan fingerprint density at radius 3 is 1.19 bits per heavy atom. The van der Waals surface area contributed by atoms with Crippen LogP contribution in [-0.2, 0) is 32.8 Å². The first-order valence-corrected chi connectivity index (χ1v) is 12.6. The third-order valence-corrected chi connectivity index (χ3v) is 4.61. The van der Waals surface area contributed by atoms with Gasteiger partial charge in [-0.1, -0.05) is 51.9 Å². The van der Waals surface area contributed by atoms with E-state index in [0.29, 0.717) is 46.2 Å². The van der Waals surface area contributed by atoms with Gasteiger partial charge in [-0.05, 0) is 6.42 Å². The van der Waals surface area contributed by atoms with Crippen LogP contribution in [0.15, 0.2) is 0 Å². The molecule has 0 atom stereocenters. The fourth-order valence-electron chi connectivity index (χ4n) is 2.53. The number of ether oxygens (including phenoxy) is 5. The number of rotatable bonds is 25. The monoisotopic (exact) mass is 534 g/mol. The number of hydrogen-bond acceptors (Lipinski definition) is 9. The van der Waals surface area contributed by atoms with Crippen LogP contribution in [0.2, 0.25) is 0 Å². The largest absolute Gasteiger partial charge is 1.00 e. The molecule has 9 nitrogen and oxygen atoms in total. The molecule has 32 heavy (non-hydrogen) atoms. The molecule has 0 spiro atoms. The summed E-state index contributed by atoms with van der Waals surface area (Å²) in [4.78, 5) is 20.4. The topological polar surface area (TPSA) is 119 Å². The quantitative estimate of drug-likeness (QED) is 0.0657. The summed E-state index contributed by atoms with van der Waals surface area (Å²) in [7, 11) is -4.91. The molecule has 0 aromatic heterocycles. The van der Waals surface area contributed by atoms with E-state index in [2.05, 4.69) is 11.4 Å². The SMILES string of the molecule is CCCCCCCCCCOCCOCCOCCOCCOCCOP(=O)([O-])[O-].[K+].[K+]. The zero-order chi connectivity index (χ0) is 22.2. The van der Waals surface area contributed by atoms with Crippen molar-refractivity contribution < 1.29 is 145 Å². The molecule has 0 aliphatic heterocycles. The Kier molecular flexibility index (Phi) is 40.0. The normalized spacial score (nSPS) is 11.2. The Hall–Kier alpha value is 3.18. The van der Waals surface area contributed by atoms with Gasteiger partial charge in [-0.25, -0.2) is 0 Å². The second-order valence-corrected chi connectivity index (χ2v) is 7.97. The molecular formula is C20H41K2O9P. The van der Waals surface area contributed by atoms with Crippen molar-refractivity contribution in [1.82, 2.24) is 0 Å². The zero-order valence-electron chi connectivity index (χ0n) is 20.6. The Bertz CT molecular complexity index is 390. The van der Waals surface area contributed by atoms with Gasteiger partial charge in [0.25, 0.3) is 0 Å². The smallest absolute Gasteiger partial charge is 0.790 e. The van der Waals surface area contributed by atoms with Crippen molar-refractivity contribution in [3.63, 3.8) is 0 Å². The molecule has 0 amide bonds. The molecule has 0 radical (unpaired) electrons. The van der Waals surface area contributed by atoms with Gasteiger partial charge in [0.1, 0.15) is 0 Å². The van der Waals surface area contributed by atoms with E-state index in [0.717, 1.165) is 13.0 Å². The molecular weight excluding hydrogens is 493 g/mol. The second-order valence-electron chi connectivity index (χ2n) is 6.82. The minimum atomic E-state index is -4.91.